The van der Waals surface area contributed by atoms with Crippen LogP contribution in [0.4, 0.5) is 0 Å². The molecular weight excluding hydrogens is 414 g/mol. The average molecular weight is 440 g/mol. The Morgan fingerprint density at radius 2 is 2.06 bits per heavy atom. The van der Waals surface area contributed by atoms with Crippen LogP contribution in [0.15, 0.2) is 58.0 Å². The molecule has 4 rings (SSSR count). The fourth-order valence-corrected chi connectivity index (χ4v) is 3.87. The zero-order valence-corrected chi connectivity index (χ0v) is 18.6. The minimum Gasteiger partial charge on any atom is -0.487 e. The van der Waals surface area contributed by atoms with Crippen molar-refractivity contribution in [3.8, 4) is 17.1 Å². The summed E-state index contributed by atoms with van der Waals surface area (Å²) in [6.07, 6.45) is 1.40. The maximum Gasteiger partial charge on any atom is 0.228 e. The lowest BCUT2D eigenvalue weighted by atomic mass is 9.90. The van der Waals surface area contributed by atoms with Crippen molar-refractivity contribution >= 4 is 17.6 Å². The maximum absolute atomic E-state index is 6.11. The lowest BCUT2D eigenvalue weighted by Gasteiger charge is -2.38. The molecule has 31 heavy (non-hydrogen) atoms. The summed E-state index contributed by atoms with van der Waals surface area (Å²) in [5.74, 6) is 2.70. The van der Waals surface area contributed by atoms with Crippen LogP contribution in [0.2, 0.25) is 5.02 Å². The summed E-state index contributed by atoms with van der Waals surface area (Å²) in [6, 6.07) is 15.6. The molecule has 8 heteroatoms. The lowest BCUT2D eigenvalue weighted by molar-refractivity contribution is 0.0694. The van der Waals surface area contributed by atoms with E-state index in [1.165, 1.54) is 0 Å². The topological polar surface area (TPSA) is 84.6 Å². The van der Waals surface area contributed by atoms with Gasteiger partial charge in [-0.05, 0) is 32.0 Å². The van der Waals surface area contributed by atoms with Crippen LogP contribution in [0, 0.1) is 0 Å². The predicted octanol–water partition coefficient (Wildman–Crippen LogP) is 4.40. The van der Waals surface area contributed by atoms with Crippen LogP contribution in [0.3, 0.4) is 0 Å². The first kappa shape index (κ1) is 21.2. The molecule has 0 fully saturated rings. The van der Waals surface area contributed by atoms with Crippen molar-refractivity contribution in [2.75, 3.05) is 13.6 Å². The van der Waals surface area contributed by atoms with Crippen LogP contribution >= 0.6 is 11.6 Å². The molecule has 0 spiro atoms. The number of fused-ring (bicyclic) bond motifs is 1. The van der Waals surface area contributed by atoms with Gasteiger partial charge in [-0.1, -0.05) is 47.1 Å². The van der Waals surface area contributed by atoms with E-state index in [0.29, 0.717) is 35.7 Å². The second kappa shape index (κ2) is 8.98. The number of nitrogens with one attached hydrogen (secondary N) is 2. The van der Waals surface area contributed by atoms with Crippen molar-refractivity contribution in [3.63, 3.8) is 0 Å². The molecule has 0 saturated heterocycles. The predicted molar refractivity (Wildman–Crippen MR) is 121 cm³/mol. The number of aromatic nitrogens is 2. The van der Waals surface area contributed by atoms with Crippen LogP contribution in [-0.2, 0) is 6.42 Å². The summed E-state index contributed by atoms with van der Waals surface area (Å²) in [4.78, 5) is 8.82. The van der Waals surface area contributed by atoms with Gasteiger partial charge in [-0.15, -0.1) is 0 Å². The molecule has 1 atom stereocenters. The van der Waals surface area contributed by atoms with E-state index in [-0.39, 0.29) is 11.6 Å². The fraction of sp³-hybridized carbons (Fsp3) is 0.348. The molecule has 3 aromatic rings. The van der Waals surface area contributed by atoms with E-state index >= 15 is 0 Å². The third-order valence-corrected chi connectivity index (χ3v) is 5.33. The minimum atomic E-state index is -0.259. The first-order valence-corrected chi connectivity index (χ1v) is 10.6. The van der Waals surface area contributed by atoms with Gasteiger partial charge in [0.15, 0.2) is 5.96 Å². The zero-order chi connectivity index (χ0) is 21.8. The van der Waals surface area contributed by atoms with Gasteiger partial charge in [0.25, 0.3) is 0 Å². The van der Waals surface area contributed by atoms with Crippen LogP contribution in [-0.4, -0.2) is 35.3 Å². The van der Waals surface area contributed by atoms with Gasteiger partial charge in [0.05, 0.1) is 6.04 Å². The highest BCUT2D eigenvalue weighted by Crippen LogP contribution is 2.39. The number of rotatable bonds is 5. The molecule has 1 unspecified atom stereocenters. The fourth-order valence-electron chi connectivity index (χ4n) is 3.68. The average Bonchev–Trinajstić information content (AvgIpc) is 3.21. The van der Waals surface area contributed by atoms with E-state index in [0.717, 1.165) is 23.3 Å². The molecule has 7 nitrogen and oxygen atoms in total. The number of halogens is 1. The summed E-state index contributed by atoms with van der Waals surface area (Å²) >= 11 is 6.04. The molecule has 0 amide bonds. The number of hydrogen-bond acceptors (Lipinski definition) is 5. The van der Waals surface area contributed by atoms with Gasteiger partial charge in [0, 0.05) is 42.6 Å². The Labute approximate surface area is 186 Å². The molecule has 1 aliphatic heterocycles. The molecule has 0 bridgehead atoms. The Balaban J connectivity index is 1.36. The Morgan fingerprint density at radius 1 is 1.23 bits per heavy atom. The highest BCUT2D eigenvalue weighted by Gasteiger charge is 2.33. The number of hydrogen-bond donors (Lipinski definition) is 2. The van der Waals surface area contributed by atoms with E-state index in [1.54, 1.807) is 7.05 Å². The van der Waals surface area contributed by atoms with Gasteiger partial charge in [0.2, 0.25) is 11.7 Å². The Morgan fingerprint density at radius 3 is 2.87 bits per heavy atom. The molecular formula is C23H26ClN5O2. The lowest BCUT2D eigenvalue weighted by Crippen LogP contribution is -2.45. The molecule has 1 aromatic heterocycles. The number of guanidine groups is 1. The molecule has 0 saturated carbocycles. The molecule has 1 aliphatic rings. The Kier molecular flexibility index (Phi) is 6.13. The van der Waals surface area contributed by atoms with Crippen LogP contribution in [0.25, 0.3) is 11.4 Å². The summed E-state index contributed by atoms with van der Waals surface area (Å²) < 4.78 is 11.5. The largest absolute Gasteiger partial charge is 0.487 e. The number of aliphatic imine (C=N–C) groups is 1. The van der Waals surface area contributed by atoms with Gasteiger partial charge in [0.1, 0.15) is 11.4 Å². The molecule has 2 N–H and O–H groups in total. The second-order valence-corrected chi connectivity index (χ2v) is 8.51. The number of benzene rings is 2. The number of ether oxygens (including phenoxy) is 1. The molecule has 0 aliphatic carbocycles. The highest BCUT2D eigenvalue weighted by molar-refractivity contribution is 6.30. The minimum absolute atomic E-state index is 0.101. The van der Waals surface area contributed by atoms with Crippen molar-refractivity contribution < 1.29 is 9.26 Å². The maximum atomic E-state index is 6.11. The SMILES string of the molecule is CN=C(NCCc1nc(-c2cccc(Cl)c2)no1)NC1CC(C)(C)Oc2ccccc21. The van der Waals surface area contributed by atoms with Crippen LogP contribution in [0.1, 0.15) is 37.8 Å². The van der Waals surface area contributed by atoms with Crippen molar-refractivity contribution in [3.05, 3.63) is 65.0 Å². The van der Waals surface area contributed by atoms with Gasteiger partial charge in [-0.2, -0.15) is 4.98 Å². The third kappa shape index (κ3) is 5.17. The number of para-hydroxylation sites is 1. The van der Waals surface area contributed by atoms with Crippen molar-refractivity contribution in [2.24, 2.45) is 4.99 Å². The normalized spacial score (nSPS) is 17.5. The molecule has 2 aromatic carbocycles. The van der Waals surface area contributed by atoms with E-state index < -0.39 is 0 Å². The highest BCUT2D eigenvalue weighted by atomic mass is 35.5. The second-order valence-electron chi connectivity index (χ2n) is 8.07. The van der Waals surface area contributed by atoms with Crippen molar-refractivity contribution in [2.45, 2.75) is 38.3 Å². The molecule has 0 radical (unpaired) electrons. The summed E-state index contributed by atoms with van der Waals surface area (Å²) in [5, 5.41) is 11.5. The van der Waals surface area contributed by atoms with E-state index in [4.69, 9.17) is 20.9 Å². The Bertz CT molecular complexity index is 1080. The molecule has 2 heterocycles. The van der Waals surface area contributed by atoms with Crippen molar-refractivity contribution in [1.29, 1.82) is 0 Å². The van der Waals surface area contributed by atoms with E-state index in [2.05, 4.69) is 45.7 Å². The summed E-state index contributed by atoms with van der Waals surface area (Å²) in [5.41, 5.74) is 1.70. The number of nitrogens with zero attached hydrogens (tertiary/aromatic N) is 3. The van der Waals surface area contributed by atoms with Gasteiger partial charge in [-0.25, -0.2) is 0 Å². The summed E-state index contributed by atoms with van der Waals surface area (Å²) in [7, 11) is 1.76. The van der Waals surface area contributed by atoms with Gasteiger partial charge < -0.3 is 19.9 Å². The summed E-state index contributed by atoms with van der Waals surface area (Å²) in [6.45, 7) is 4.80. The van der Waals surface area contributed by atoms with Gasteiger partial charge >= 0.3 is 0 Å². The van der Waals surface area contributed by atoms with Gasteiger partial charge in [-0.3, -0.25) is 4.99 Å². The molecule has 162 valence electrons. The van der Waals surface area contributed by atoms with Crippen LogP contribution in [0.5, 0.6) is 5.75 Å². The first-order valence-electron chi connectivity index (χ1n) is 10.3. The van der Waals surface area contributed by atoms with E-state index in [1.807, 2.05) is 42.5 Å². The third-order valence-electron chi connectivity index (χ3n) is 5.09. The van der Waals surface area contributed by atoms with Crippen molar-refractivity contribution in [1.82, 2.24) is 20.8 Å². The first-order chi connectivity index (χ1) is 14.9. The Hall–Kier alpha value is -3.06. The zero-order valence-electron chi connectivity index (χ0n) is 17.9. The van der Waals surface area contributed by atoms with E-state index in [9.17, 15) is 0 Å². The quantitative estimate of drug-likeness (QED) is 0.452. The standard InChI is InChI=1S/C23H26ClN5O2/c1-23(2)14-18(17-9-4-5-10-19(17)30-23)27-22(25-3)26-12-11-20-28-21(29-31-20)15-7-6-8-16(24)13-15/h4-10,13,18H,11-12,14H2,1-3H3,(H2,25,26,27). The smallest absolute Gasteiger partial charge is 0.228 e. The monoisotopic (exact) mass is 439 g/mol. The van der Waals surface area contributed by atoms with Crippen LogP contribution < -0.4 is 15.4 Å².